The van der Waals surface area contributed by atoms with Gasteiger partial charge in [0.25, 0.3) is 0 Å². The summed E-state index contributed by atoms with van der Waals surface area (Å²) in [5.74, 6) is -1.30. The highest BCUT2D eigenvalue weighted by atomic mass is 16.2. The maximum Gasteiger partial charge on any atom is 0.233 e. The van der Waals surface area contributed by atoms with E-state index in [1.807, 2.05) is 0 Å². The number of rotatable bonds is 1. The molecule has 0 heterocycles. The number of benzene rings is 1. The van der Waals surface area contributed by atoms with Crippen LogP contribution < -0.4 is 0 Å². The Morgan fingerprint density at radius 1 is 1.00 bits per heavy atom. The van der Waals surface area contributed by atoms with Gasteiger partial charge < -0.3 is 0 Å². The summed E-state index contributed by atoms with van der Waals surface area (Å²) in [4.78, 5) is 34.8. The standard InChI is InChI=1S/C13H10O3/c1-7-11(8(2)14)9-5-3-4-6-10(9)13(16)12(7)15/h3-6H,1-2H3. The molecule has 0 fully saturated rings. The normalized spacial score (nSPS) is 15.1. The molecule has 0 atom stereocenters. The SMILES string of the molecule is CC(=O)C1=C(C)C(=O)C(=O)c2ccccc21. The van der Waals surface area contributed by atoms with Gasteiger partial charge in [-0.05, 0) is 19.4 Å². The van der Waals surface area contributed by atoms with E-state index in [9.17, 15) is 14.4 Å². The molecule has 3 nitrogen and oxygen atoms in total. The monoisotopic (exact) mass is 214 g/mol. The lowest BCUT2D eigenvalue weighted by molar-refractivity contribution is -0.114. The molecule has 0 unspecified atom stereocenters. The average molecular weight is 214 g/mol. The number of Topliss-reactive ketones (excluding diaryl/α,β-unsaturated/α-hetero) is 3. The molecule has 0 aromatic heterocycles. The zero-order valence-electron chi connectivity index (χ0n) is 9.03. The van der Waals surface area contributed by atoms with Crippen molar-refractivity contribution in [3.63, 3.8) is 0 Å². The van der Waals surface area contributed by atoms with Gasteiger partial charge in [0.2, 0.25) is 11.6 Å². The molecule has 1 aliphatic carbocycles. The fraction of sp³-hybridized carbons (Fsp3) is 0.154. The van der Waals surface area contributed by atoms with Gasteiger partial charge in [-0.15, -0.1) is 0 Å². The van der Waals surface area contributed by atoms with Crippen molar-refractivity contribution in [2.45, 2.75) is 13.8 Å². The summed E-state index contributed by atoms with van der Waals surface area (Å²) >= 11 is 0. The van der Waals surface area contributed by atoms with Crippen molar-refractivity contribution in [2.24, 2.45) is 0 Å². The Balaban J connectivity index is 2.81. The molecule has 1 aromatic carbocycles. The first-order valence-electron chi connectivity index (χ1n) is 4.94. The van der Waals surface area contributed by atoms with Gasteiger partial charge >= 0.3 is 0 Å². The van der Waals surface area contributed by atoms with Crippen LogP contribution >= 0.6 is 0 Å². The van der Waals surface area contributed by atoms with E-state index in [-0.39, 0.29) is 11.4 Å². The van der Waals surface area contributed by atoms with Gasteiger partial charge in [-0.3, -0.25) is 14.4 Å². The van der Waals surface area contributed by atoms with E-state index in [1.54, 1.807) is 24.3 Å². The summed E-state index contributed by atoms with van der Waals surface area (Å²) in [6, 6.07) is 6.70. The van der Waals surface area contributed by atoms with Crippen LogP contribution in [-0.4, -0.2) is 17.3 Å². The Kier molecular flexibility index (Phi) is 2.31. The highest BCUT2D eigenvalue weighted by molar-refractivity contribution is 6.55. The molecule has 0 N–H and O–H groups in total. The molecule has 0 radical (unpaired) electrons. The lowest BCUT2D eigenvalue weighted by Gasteiger charge is -2.17. The fourth-order valence-corrected chi connectivity index (χ4v) is 1.96. The van der Waals surface area contributed by atoms with Crippen molar-refractivity contribution in [1.82, 2.24) is 0 Å². The van der Waals surface area contributed by atoms with Crippen LogP contribution in [0.25, 0.3) is 5.57 Å². The third-order valence-corrected chi connectivity index (χ3v) is 2.71. The summed E-state index contributed by atoms with van der Waals surface area (Å²) < 4.78 is 0. The molecule has 1 aromatic rings. The maximum atomic E-state index is 11.7. The first kappa shape index (κ1) is 10.5. The highest BCUT2D eigenvalue weighted by Crippen LogP contribution is 2.29. The van der Waals surface area contributed by atoms with Crippen LogP contribution in [0.4, 0.5) is 0 Å². The van der Waals surface area contributed by atoms with Crippen LogP contribution in [0.3, 0.4) is 0 Å². The minimum atomic E-state index is -0.580. The van der Waals surface area contributed by atoms with Crippen molar-refractivity contribution in [3.8, 4) is 0 Å². The smallest absolute Gasteiger partial charge is 0.233 e. The second-order valence-electron chi connectivity index (χ2n) is 3.76. The molecule has 16 heavy (non-hydrogen) atoms. The lowest BCUT2D eigenvalue weighted by Crippen LogP contribution is -2.24. The molecule has 2 rings (SSSR count). The Morgan fingerprint density at radius 3 is 2.12 bits per heavy atom. The van der Waals surface area contributed by atoms with E-state index >= 15 is 0 Å². The van der Waals surface area contributed by atoms with Gasteiger partial charge in [0, 0.05) is 16.7 Å². The van der Waals surface area contributed by atoms with Crippen LogP contribution in [0.2, 0.25) is 0 Å². The van der Waals surface area contributed by atoms with Crippen molar-refractivity contribution >= 4 is 22.9 Å². The second-order valence-corrected chi connectivity index (χ2v) is 3.76. The minimum Gasteiger partial charge on any atom is -0.294 e. The van der Waals surface area contributed by atoms with Gasteiger partial charge in [-0.1, -0.05) is 24.3 Å². The quantitative estimate of drug-likeness (QED) is 0.670. The van der Waals surface area contributed by atoms with Gasteiger partial charge in [0.05, 0.1) is 0 Å². The lowest BCUT2D eigenvalue weighted by atomic mass is 9.83. The molecule has 0 spiro atoms. The zero-order valence-corrected chi connectivity index (χ0v) is 9.03. The molecule has 0 amide bonds. The Labute approximate surface area is 92.8 Å². The average Bonchev–Trinajstić information content (AvgIpc) is 2.26. The topological polar surface area (TPSA) is 51.2 Å². The second kappa shape index (κ2) is 3.52. The van der Waals surface area contributed by atoms with E-state index in [4.69, 9.17) is 0 Å². The molecule has 0 aliphatic heterocycles. The largest absolute Gasteiger partial charge is 0.294 e. The van der Waals surface area contributed by atoms with Crippen LogP contribution in [0.5, 0.6) is 0 Å². The highest BCUT2D eigenvalue weighted by Gasteiger charge is 2.31. The summed E-state index contributed by atoms with van der Waals surface area (Å²) in [5, 5.41) is 0. The van der Waals surface area contributed by atoms with Crippen LogP contribution in [0.1, 0.15) is 29.8 Å². The maximum absolute atomic E-state index is 11.7. The predicted molar refractivity (Wildman–Crippen MR) is 59.1 cm³/mol. The third kappa shape index (κ3) is 1.33. The Morgan fingerprint density at radius 2 is 1.56 bits per heavy atom. The number of hydrogen-bond donors (Lipinski definition) is 0. The molecule has 0 bridgehead atoms. The Hall–Kier alpha value is -2.03. The molecule has 0 saturated carbocycles. The van der Waals surface area contributed by atoms with Crippen molar-refractivity contribution in [1.29, 1.82) is 0 Å². The van der Waals surface area contributed by atoms with E-state index < -0.39 is 11.6 Å². The van der Waals surface area contributed by atoms with Crippen LogP contribution in [0, 0.1) is 0 Å². The number of hydrogen-bond acceptors (Lipinski definition) is 3. The first-order chi connectivity index (χ1) is 7.54. The van der Waals surface area contributed by atoms with E-state index in [0.29, 0.717) is 16.7 Å². The Bertz CT molecular complexity index is 550. The molecule has 3 heteroatoms. The molecular formula is C13H10O3. The molecule has 0 saturated heterocycles. The predicted octanol–water partition coefficient (Wildman–Crippen LogP) is 1.81. The van der Waals surface area contributed by atoms with Gasteiger partial charge in [-0.2, -0.15) is 0 Å². The molecule has 1 aliphatic rings. The zero-order chi connectivity index (χ0) is 11.9. The molecular weight excluding hydrogens is 204 g/mol. The summed E-state index contributed by atoms with van der Waals surface area (Å²) in [5.41, 5.74) is 1.50. The van der Waals surface area contributed by atoms with E-state index in [0.717, 1.165) is 0 Å². The summed E-state index contributed by atoms with van der Waals surface area (Å²) in [6.07, 6.45) is 0. The third-order valence-electron chi connectivity index (χ3n) is 2.71. The van der Waals surface area contributed by atoms with Crippen molar-refractivity contribution in [2.75, 3.05) is 0 Å². The number of carbonyl (C=O) groups excluding carboxylic acids is 3. The first-order valence-corrected chi connectivity index (χ1v) is 4.94. The number of fused-ring (bicyclic) bond motifs is 1. The van der Waals surface area contributed by atoms with E-state index in [1.165, 1.54) is 13.8 Å². The van der Waals surface area contributed by atoms with Crippen LogP contribution in [0.15, 0.2) is 29.8 Å². The van der Waals surface area contributed by atoms with Crippen LogP contribution in [-0.2, 0) is 9.59 Å². The van der Waals surface area contributed by atoms with E-state index in [2.05, 4.69) is 0 Å². The van der Waals surface area contributed by atoms with Gasteiger partial charge in [0.15, 0.2) is 5.78 Å². The minimum absolute atomic E-state index is 0.189. The number of carbonyl (C=O) groups is 3. The number of allylic oxidation sites excluding steroid dienone is 2. The summed E-state index contributed by atoms with van der Waals surface area (Å²) in [7, 11) is 0. The fourth-order valence-electron chi connectivity index (χ4n) is 1.96. The summed E-state index contributed by atoms with van der Waals surface area (Å²) in [6.45, 7) is 2.92. The van der Waals surface area contributed by atoms with Crippen molar-refractivity contribution in [3.05, 3.63) is 41.0 Å². The molecule has 80 valence electrons. The van der Waals surface area contributed by atoms with Crippen molar-refractivity contribution < 1.29 is 14.4 Å². The van der Waals surface area contributed by atoms with Gasteiger partial charge in [-0.25, -0.2) is 0 Å². The number of ketones is 3. The van der Waals surface area contributed by atoms with Gasteiger partial charge in [0.1, 0.15) is 0 Å².